The number of hydrogen-bond donors (Lipinski definition) is 2. The summed E-state index contributed by atoms with van der Waals surface area (Å²) in [4.78, 5) is 0. The second kappa shape index (κ2) is 5.11. The zero-order valence-electron chi connectivity index (χ0n) is 6.96. The Labute approximate surface area is 62.9 Å². The highest BCUT2D eigenvalue weighted by Gasteiger charge is 1.99. The largest absolute Gasteiger partial charge is 0.403 e. The lowest BCUT2D eigenvalue weighted by atomic mass is 10.4. The van der Waals surface area contributed by atoms with E-state index >= 15 is 0 Å². The fourth-order valence-corrected chi connectivity index (χ4v) is 0.683. The molecule has 0 aliphatic carbocycles. The number of nitrogens with zero attached hydrogens (tertiary/aromatic N) is 1. The molecule has 0 saturated carbocycles. The normalized spacial score (nSPS) is 11.2. The van der Waals surface area contributed by atoms with Gasteiger partial charge in [0.2, 0.25) is 0 Å². The van der Waals surface area contributed by atoms with E-state index in [-0.39, 0.29) is 0 Å². The smallest absolute Gasteiger partial charge is 0.0392 e. The fourth-order valence-electron chi connectivity index (χ4n) is 0.683. The maximum atomic E-state index is 5.24. The molecule has 0 unspecified atom stereocenters. The maximum absolute atomic E-state index is 5.24. The Bertz CT molecular complexity index is 99.0. The average Bonchev–Trinajstić information content (AvgIpc) is 1.87. The SMILES string of the molecule is CCNN(/C=C\N)C(C)C. The van der Waals surface area contributed by atoms with Gasteiger partial charge in [0.1, 0.15) is 0 Å². The molecule has 0 amide bonds. The van der Waals surface area contributed by atoms with Gasteiger partial charge >= 0.3 is 0 Å². The molecule has 0 fully saturated rings. The third-order valence-electron chi connectivity index (χ3n) is 1.14. The molecule has 0 aliphatic rings. The molecule has 10 heavy (non-hydrogen) atoms. The summed E-state index contributed by atoms with van der Waals surface area (Å²) in [5.74, 6) is 0. The Morgan fingerprint density at radius 1 is 1.60 bits per heavy atom. The van der Waals surface area contributed by atoms with Crippen LogP contribution in [0.2, 0.25) is 0 Å². The van der Waals surface area contributed by atoms with Gasteiger partial charge in [-0.15, -0.1) is 0 Å². The molecule has 0 aliphatic heterocycles. The molecule has 0 bridgehead atoms. The maximum Gasteiger partial charge on any atom is 0.0392 e. The lowest BCUT2D eigenvalue weighted by Crippen LogP contribution is -2.38. The summed E-state index contributed by atoms with van der Waals surface area (Å²) in [6.45, 7) is 7.17. The topological polar surface area (TPSA) is 41.3 Å². The average molecular weight is 143 g/mol. The minimum atomic E-state index is 0.444. The van der Waals surface area contributed by atoms with E-state index in [4.69, 9.17) is 5.73 Å². The highest BCUT2D eigenvalue weighted by molar-refractivity contribution is 4.76. The number of nitrogens with two attached hydrogens (primary N) is 1. The van der Waals surface area contributed by atoms with E-state index in [2.05, 4.69) is 26.2 Å². The van der Waals surface area contributed by atoms with Crippen LogP contribution in [0.1, 0.15) is 20.8 Å². The standard InChI is InChI=1S/C7H17N3/c1-4-9-10(6-5-8)7(2)3/h5-7,9H,4,8H2,1-3H3/b6-5-. The molecule has 0 aromatic rings. The van der Waals surface area contributed by atoms with E-state index in [1.54, 1.807) is 0 Å². The zero-order valence-corrected chi connectivity index (χ0v) is 6.96. The molecule has 0 aromatic heterocycles. The van der Waals surface area contributed by atoms with Crippen molar-refractivity contribution < 1.29 is 0 Å². The summed E-state index contributed by atoms with van der Waals surface area (Å²) in [6.07, 6.45) is 3.36. The van der Waals surface area contributed by atoms with Gasteiger partial charge in [-0.25, -0.2) is 5.43 Å². The van der Waals surface area contributed by atoms with Crippen LogP contribution < -0.4 is 11.2 Å². The van der Waals surface area contributed by atoms with Gasteiger partial charge in [-0.1, -0.05) is 6.92 Å². The van der Waals surface area contributed by atoms with Crippen LogP contribution in [0.15, 0.2) is 12.4 Å². The van der Waals surface area contributed by atoms with Gasteiger partial charge in [0.05, 0.1) is 0 Å². The minimum Gasteiger partial charge on any atom is -0.403 e. The zero-order chi connectivity index (χ0) is 7.98. The Hall–Kier alpha value is -0.700. The lowest BCUT2D eigenvalue weighted by Gasteiger charge is -2.24. The van der Waals surface area contributed by atoms with Crippen molar-refractivity contribution in [2.45, 2.75) is 26.8 Å². The second-order valence-corrected chi connectivity index (χ2v) is 2.35. The number of rotatable bonds is 4. The Kier molecular flexibility index (Phi) is 4.76. The molecule has 0 aromatic carbocycles. The number of hydrogen-bond acceptors (Lipinski definition) is 3. The van der Waals surface area contributed by atoms with Crippen molar-refractivity contribution in [3.63, 3.8) is 0 Å². The van der Waals surface area contributed by atoms with E-state index in [1.807, 2.05) is 11.2 Å². The Balaban J connectivity index is 3.72. The first-order valence-corrected chi connectivity index (χ1v) is 3.62. The number of hydrazine groups is 1. The van der Waals surface area contributed by atoms with Crippen molar-refractivity contribution in [3.8, 4) is 0 Å². The Morgan fingerprint density at radius 3 is 2.50 bits per heavy atom. The van der Waals surface area contributed by atoms with E-state index in [0.29, 0.717) is 6.04 Å². The summed E-state index contributed by atoms with van der Waals surface area (Å²) in [7, 11) is 0. The van der Waals surface area contributed by atoms with Gasteiger partial charge in [0.15, 0.2) is 0 Å². The van der Waals surface area contributed by atoms with Crippen LogP contribution in [-0.2, 0) is 0 Å². The monoisotopic (exact) mass is 143 g/mol. The van der Waals surface area contributed by atoms with Crippen molar-refractivity contribution in [2.75, 3.05) is 6.54 Å². The predicted molar refractivity (Wildman–Crippen MR) is 44.0 cm³/mol. The van der Waals surface area contributed by atoms with Gasteiger partial charge in [0, 0.05) is 25.0 Å². The molecule has 3 heteroatoms. The van der Waals surface area contributed by atoms with E-state index < -0.39 is 0 Å². The molecule has 0 spiro atoms. The van der Waals surface area contributed by atoms with E-state index in [0.717, 1.165) is 6.54 Å². The lowest BCUT2D eigenvalue weighted by molar-refractivity contribution is 0.225. The summed E-state index contributed by atoms with van der Waals surface area (Å²) in [6, 6.07) is 0.444. The summed E-state index contributed by atoms with van der Waals surface area (Å²) in [5, 5.41) is 1.97. The van der Waals surface area contributed by atoms with Crippen LogP contribution in [0.3, 0.4) is 0 Å². The molecule has 60 valence electrons. The molecule has 3 nitrogen and oxygen atoms in total. The molecule has 3 N–H and O–H groups in total. The number of nitrogens with one attached hydrogen (secondary N) is 1. The summed E-state index contributed by atoms with van der Waals surface area (Å²) >= 11 is 0. The molecule has 0 heterocycles. The molecule has 0 atom stereocenters. The van der Waals surface area contributed by atoms with Gasteiger partial charge in [0.25, 0.3) is 0 Å². The van der Waals surface area contributed by atoms with Crippen LogP contribution in [-0.4, -0.2) is 17.6 Å². The third kappa shape index (κ3) is 3.35. The van der Waals surface area contributed by atoms with Crippen LogP contribution >= 0.6 is 0 Å². The molecular weight excluding hydrogens is 126 g/mol. The van der Waals surface area contributed by atoms with E-state index in [9.17, 15) is 0 Å². The first-order valence-electron chi connectivity index (χ1n) is 3.62. The molecule has 0 rings (SSSR count). The van der Waals surface area contributed by atoms with Gasteiger partial charge in [-0.3, -0.25) is 0 Å². The molecule has 0 radical (unpaired) electrons. The summed E-state index contributed by atoms with van der Waals surface area (Å²) in [5.41, 5.74) is 8.38. The van der Waals surface area contributed by atoms with Crippen LogP contribution in [0.25, 0.3) is 0 Å². The predicted octanol–water partition coefficient (Wildman–Crippen LogP) is 0.651. The second-order valence-electron chi connectivity index (χ2n) is 2.35. The summed E-state index contributed by atoms with van der Waals surface area (Å²) < 4.78 is 0. The Morgan fingerprint density at radius 2 is 2.20 bits per heavy atom. The van der Waals surface area contributed by atoms with Crippen molar-refractivity contribution in [2.24, 2.45) is 5.73 Å². The van der Waals surface area contributed by atoms with Gasteiger partial charge in [-0.2, -0.15) is 0 Å². The molecule has 0 saturated heterocycles. The van der Waals surface area contributed by atoms with Gasteiger partial charge in [-0.05, 0) is 13.8 Å². The van der Waals surface area contributed by atoms with Crippen molar-refractivity contribution in [1.82, 2.24) is 10.4 Å². The van der Waals surface area contributed by atoms with Crippen molar-refractivity contribution >= 4 is 0 Å². The van der Waals surface area contributed by atoms with Crippen LogP contribution in [0.5, 0.6) is 0 Å². The van der Waals surface area contributed by atoms with Crippen molar-refractivity contribution in [3.05, 3.63) is 12.4 Å². The fraction of sp³-hybridized carbons (Fsp3) is 0.714. The van der Waals surface area contributed by atoms with Crippen LogP contribution in [0.4, 0.5) is 0 Å². The van der Waals surface area contributed by atoms with Crippen LogP contribution in [0, 0.1) is 0 Å². The first-order chi connectivity index (χ1) is 4.72. The quantitative estimate of drug-likeness (QED) is 0.568. The highest BCUT2D eigenvalue weighted by atomic mass is 15.5. The van der Waals surface area contributed by atoms with Gasteiger partial charge < -0.3 is 10.7 Å². The first kappa shape index (κ1) is 9.30. The van der Waals surface area contributed by atoms with Crippen molar-refractivity contribution in [1.29, 1.82) is 0 Å². The minimum absolute atomic E-state index is 0.444. The highest BCUT2D eigenvalue weighted by Crippen LogP contribution is 1.92. The molecular formula is C7H17N3. The third-order valence-corrected chi connectivity index (χ3v) is 1.14. The van der Waals surface area contributed by atoms with E-state index in [1.165, 1.54) is 6.20 Å².